The summed E-state index contributed by atoms with van der Waals surface area (Å²) in [7, 11) is -3.30. The summed E-state index contributed by atoms with van der Waals surface area (Å²) in [4.78, 5) is 13.2. The molecule has 0 fully saturated rings. The lowest BCUT2D eigenvalue weighted by Gasteiger charge is -2.11. The van der Waals surface area contributed by atoms with Gasteiger partial charge >= 0.3 is 0 Å². The number of rotatable bonds is 9. The van der Waals surface area contributed by atoms with Gasteiger partial charge in [-0.1, -0.05) is 19.4 Å². The Morgan fingerprint density at radius 2 is 1.89 bits per heavy atom. The first-order valence-electron chi connectivity index (χ1n) is 9.89. The molecule has 0 amide bonds. The van der Waals surface area contributed by atoms with Crippen LogP contribution in [0.25, 0.3) is 11.0 Å². The second-order valence-corrected chi connectivity index (χ2v) is 9.24. The number of unbranched alkanes of at least 4 members (excludes halogenated alkanes) is 2. The van der Waals surface area contributed by atoms with Gasteiger partial charge in [0.2, 0.25) is 0 Å². The number of hydrogen-bond donors (Lipinski definition) is 0. The quantitative estimate of drug-likeness (QED) is 0.507. The Labute approximate surface area is 167 Å². The zero-order valence-corrected chi connectivity index (χ0v) is 17.7. The molecule has 0 saturated carbocycles. The van der Waals surface area contributed by atoms with E-state index in [2.05, 4.69) is 28.4 Å². The molecule has 0 unspecified atom stereocenters. The summed E-state index contributed by atoms with van der Waals surface area (Å²) < 4.78 is 27.0. The third-order valence-electron chi connectivity index (χ3n) is 5.08. The summed E-state index contributed by atoms with van der Waals surface area (Å²) in [5, 5.41) is 0.166. The van der Waals surface area contributed by atoms with Crippen molar-refractivity contribution in [3.05, 3.63) is 47.7 Å². The van der Waals surface area contributed by atoms with Gasteiger partial charge in [0, 0.05) is 24.9 Å². The number of pyridine rings is 2. The van der Waals surface area contributed by atoms with Crippen molar-refractivity contribution in [3.8, 4) is 0 Å². The van der Waals surface area contributed by atoms with Crippen LogP contribution < -0.4 is 0 Å². The fourth-order valence-corrected chi connectivity index (χ4v) is 4.76. The highest BCUT2D eigenvalue weighted by Gasteiger charge is 2.16. The highest BCUT2D eigenvalue weighted by Crippen LogP contribution is 2.23. The first-order valence-corrected chi connectivity index (χ1v) is 11.5. The van der Waals surface area contributed by atoms with E-state index in [0.717, 1.165) is 54.8 Å². The molecule has 3 heterocycles. The van der Waals surface area contributed by atoms with Crippen LogP contribution in [-0.4, -0.2) is 33.7 Å². The van der Waals surface area contributed by atoms with E-state index in [1.54, 1.807) is 18.2 Å². The van der Waals surface area contributed by atoms with E-state index in [9.17, 15) is 8.42 Å². The van der Waals surface area contributed by atoms with E-state index in [4.69, 9.17) is 4.98 Å². The van der Waals surface area contributed by atoms with Crippen LogP contribution in [0.5, 0.6) is 0 Å². The van der Waals surface area contributed by atoms with Gasteiger partial charge in [-0.2, -0.15) is 0 Å². The number of sulfone groups is 1. The summed E-state index contributed by atoms with van der Waals surface area (Å²) >= 11 is 0. The fourth-order valence-electron chi connectivity index (χ4n) is 3.46. The molecule has 0 aliphatic rings. The average Bonchev–Trinajstić information content (AvgIpc) is 3.03. The van der Waals surface area contributed by atoms with Crippen LogP contribution in [0.15, 0.2) is 35.6 Å². The average molecular weight is 401 g/mol. The number of fused-ring (bicyclic) bond motifs is 1. The van der Waals surface area contributed by atoms with Gasteiger partial charge in [0.15, 0.2) is 14.9 Å². The zero-order valence-electron chi connectivity index (χ0n) is 16.9. The summed E-state index contributed by atoms with van der Waals surface area (Å²) in [5.41, 5.74) is 4.31. The highest BCUT2D eigenvalue weighted by atomic mass is 32.2. The Balaban J connectivity index is 1.65. The Morgan fingerprint density at radius 3 is 2.61 bits per heavy atom. The number of hydrogen-bond acceptors (Lipinski definition) is 5. The van der Waals surface area contributed by atoms with E-state index in [0.29, 0.717) is 6.42 Å². The third kappa shape index (κ3) is 4.41. The minimum atomic E-state index is -3.30. The maximum atomic E-state index is 12.3. The molecule has 7 heteroatoms. The Bertz CT molecular complexity index is 1040. The minimum absolute atomic E-state index is 0.137. The third-order valence-corrected chi connectivity index (χ3v) is 6.78. The van der Waals surface area contributed by atoms with Gasteiger partial charge in [0.05, 0.1) is 17.5 Å². The van der Waals surface area contributed by atoms with E-state index < -0.39 is 9.84 Å². The molecular weight excluding hydrogens is 372 g/mol. The number of nitrogens with zero attached hydrogens (tertiary/aromatic N) is 4. The molecule has 0 bridgehead atoms. The summed E-state index contributed by atoms with van der Waals surface area (Å²) in [6, 6.07) is 4.99. The molecule has 0 aromatic carbocycles. The van der Waals surface area contributed by atoms with Crippen molar-refractivity contribution in [1.82, 2.24) is 19.5 Å². The van der Waals surface area contributed by atoms with E-state index in [1.165, 1.54) is 11.8 Å². The van der Waals surface area contributed by atoms with Crippen LogP contribution in [0.4, 0.5) is 0 Å². The first kappa shape index (κ1) is 20.5. The van der Waals surface area contributed by atoms with Gasteiger partial charge in [0.1, 0.15) is 11.3 Å². The van der Waals surface area contributed by atoms with Crippen molar-refractivity contribution in [2.24, 2.45) is 0 Å². The second kappa shape index (κ2) is 8.82. The summed E-state index contributed by atoms with van der Waals surface area (Å²) in [6.45, 7) is 7.12. The fraction of sp³-hybridized carbons (Fsp3) is 0.476. The smallest absolute Gasteiger partial charge is 0.195 e. The molecule has 0 spiro atoms. The Hall–Kier alpha value is -2.28. The first-order chi connectivity index (χ1) is 13.4. The molecule has 0 aliphatic heterocycles. The zero-order chi connectivity index (χ0) is 20.1. The molecular formula is C21H28N4O2S. The molecule has 0 aliphatic carbocycles. The topological polar surface area (TPSA) is 77.7 Å². The molecule has 0 N–H and O–H groups in total. The maximum absolute atomic E-state index is 12.3. The molecule has 3 rings (SSSR count). The van der Waals surface area contributed by atoms with Crippen LogP contribution in [0.2, 0.25) is 0 Å². The number of imidazole rings is 1. The van der Waals surface area contributed by atoms with Crippen molar-refractivity contribution >= 4 is 20.9 Å². The molecule has 3 aromatic heterocycles. The lowest BCUT2D eigenvalue weighted by Crippen LogP contribution is -2.09. The van der Waals surface area contributed by atoms with Gasteiger partial charge in [-0.15, -0.1) is 0 Å². The van der Waals surface area contributed by atoms with Gasteiger partial charge in [-0.3, -0.25) is 4.98 Å². The van der Waals surface area contributed by atoms with Gasteiger partial charge in [-0.05, 0) is 50.8 Å². The van der Waals surface area contributed by atoms with Crippen LogP contribution >= 0.6 is 0 Å². The van der Waals surface area contributed by atoms with Crippen molar-refractivity contribution < 1.29 is 8.42 Å². The SMILES string of the molecule is CCCc1nc2cnc(C)c(C)c2n1CCCCCS(=O)(=O)c1ccccn1. The largest absolute Gasteiger partial charge is 0.328 e. The molecule has 28 heavy (non-hydrogen) atoms. The predicted octanol–water partition coefficient (Wildman–Crippen LogP) is 4.04. The lowest BCUT2D eigenvalue weighted by atomic mass is 10.2. The molecule has 3 aromatic rings. The summed E-state index contributed by atoms with van der Waals surface area (Å²) in [6.07, 6.45) is 7.74. The Morgan fingerprint density at radius 1 is 1.07 bits per heavy atom. The van der Waals surface area contributed by atoms with Crippen molar-refractivity contribution in [2.45, 2.75) is 64.4 Å². The molecule has 150 valence electrons. The maximum Gasteiger partial charge on any atom is 0.195 e. The highest BCUT2D eigenvalue weighted by molar-refractivity contribution is 7.91. The van der Waals surface area contributed by atoms with Crippen molar-refractivity contribution in [3.63, 3.8) is 0 Å². The van der Waals surface area contributed by atoms with Gasteiger partial charge in [0.25, 0.3) is 0 Å². The normalized spacial score (nSPS) is 12.0. The van der Waals surface area contributed by atoms with E-state index in [-0.39, 0.29) is 10.8 Å². The van der Waals surface area contributed by atoms with Gasteiger partial charge in [-0.25, -0.2) is 18.4 Å². The summed E-state index contributed by atoms with van der Waals surface area (Å²) in [5.74, 6) is 1.23. The standard InChI is InChI=1S/C21H28N4O2S/c1-4-10-19-24-18-15-23-17(3)16(2)21(18)25(19)13-8-5-9-14-28(26,27)20-11-6-7-12-22-20/h6-7,11-12,15H,4-5,8-10,13-14H2,1-3H3. The molecule has 0 saturated heterocycles. The van der Waals surface area contributed by atoms with Crippen LogP contribution in [0, 0.1) is 13.8 Å². The minimum Gasteiger partial charge on any atom is -0.328 e. The number of aromatic nitrogens is 4. The van der Waals surface area contributed by atoms with Gasteiger partial charge < -0.3 is 4.57 Å². The van der Waals surface area contributed by atoms with Crippen LogP contribution in [-0.2, 0) is 22.8 Å². The van der Waals surface area contributed by atoms with E-state index in [1.807, 2.05) is 13.1 Å². The monoisotopic (exact) mass is 400 g/mol. The molecule has 0 atom stereocenters. The van der Waals surface area contributed by atoms with Crippen molar-refractivity contribution in [2.75, 3.05) is 5.75 Å². The number of aryl methyl sites for hydroxylation is 4. The second-order valence-electron chi connectivity index (χ2n) is 7.18. The van der Waals surface area contributed by atoms with Crippen molar-refractivity contribution in [1.29, 1.82) is 0 Å². The van der Waals surface area contributed by atoms with Crippen LogP contribution in [0.1, 0.15) is 49.7 Å². The Kier molecular flexibility index (Phi) is 6.44. The lowest BCUT2D eigenvalue weighted by molar-refractivity contribution is 0.570. The van der Waals surface area contributed by atoms with Crippen LogP contribution in [0.3, 0.4) is 0 Å². The predicted molar refractivity (Wildman–Crippen MR) is 111 cm³/mol. The molecule has 0 radical (unpaired) electrons. The van der Waals surface area contributed by atoms with E-state index >= 15 is 0 Å². The molecule has 6 nitrogen and oxygen atoms in total.